The summed E-state index contributed by atoms with van der Waals surface area (Å²) in [5.41, 5.74) is 9.83. The molecule has 2 unspecified atom stereocenters. The van der Waals surface area contributed by atoms with Crippen LogP contribution in [0.4, 0.5) is 5.69 Å². The Hall–Kier alpha value is -4.82. The Balaban J connectivity index is 1.36. The number of nitrogens with one attached hydrogen (secondary N) is 1. The highest BCUT2D eigenvalue weighted by Gasteiger charge is 2.22. The fraction of sp³-hybridized carbons (Fsp3) is 0.0811. The number of benzene rings is 5. The molecule has 0 amide bonds. The summed E-state index contributed by atoms with van der Waals surface area (Å²) in [4.78, 5) is 0. The van der Waals surface area contributed by atoms with Gasteiger partial charge in [-0.25, -0.2) is 0 Å². The van der Waals surface area contributed by atoms with Crippen LogP contribution in [0.2, 0.25) is 0 Å². The fourth-order valence-electron chi connectivity index (χ4n) is 5.96. The van der Waals surface area contributed by atoms with E-state index in [-0.39, 0.29) is 12.0 Å². The average molecular weight is 503 g/mol. The second kappa shape index (κ2) is 9.81. The molecule has 0 saturated carbocycles. The van der Waals surface area contributed by atoms with Crippen LogP contribution in [0.25, 0.3) is 38.6 Å². The number of hydrogen-bond acceptors (Lipinski definition) is 1. The first-order valence-electron chi connectivity index (χ1n) is 13.6. The van der Waals surface area contributed by atoms with Gasteiger partial charge in [0.2, 0.25) is 0 Å². The van der Waals surface area contributed by atoms with Crippen molar-refractivity contribution in [1.82, 2.24) is 4.57 Å². The molecule has 1 aromatic heterocycles. The van der Waals surface area contributed by atoms with Gasteiger partial charge in [-0.2, -0.15) is 0 Å². The molecule has 2 atom stereocenters. The van der Waals surface area contributed by atoms with E-state index in [1.807, 2.05) is 0 Å². The molecular weight excluding hydrogens is 472 g/mol. The number of fused-ring (bicyclic) bond motifs is 3. The first-order valence-corrected chi connectivity index (χ1v) is 13.6. The van der Waals surface area contributed by atoms with Crippen molar-refractivity contribution in [1.29, 1.82) is 0 Å². The van der Waals surface area contributed by atoms with Gasteiger partial charge in [0.05, 0.1) is 17.1 Å². The zero-order chi connectivity index (χ0) is 26.2. The first-order chi connectivity index (χ1) is 19.2. The minimum atomic E-state index is 0.188. The van der Waals surface area contributed by atoms with Crippen molar-refractivity contribution in [3.8, 4) is 16.8 Å². The number of anilines is 1. The van der Waals surface area contributed by atoms with Gasteiger partial charge < -0.3 is 9.88 Å². The molecule has 0 fully saturated rings. The smallest absolute Gasteiger partial charge is 0.0550 e. The van der Waals surface area contributed by atoms with E-state index in [1.54, 1.807) is 0 Å². The standard InChI is InChI=1S/C37H30N2/c1-26-22-29(27-12-4-2-5-13-27)24-31(23-26)39-36-19-11-9-17-33(36)34-25-28(20-21-37(34)39)32-16-8-10-18-35(32)38-30-14-6-3-7-15-30/h2-25,32,35,38H,1H3. The van der Waals surface area contributed by atoms with Gasteiger partial charge in [0.1, 0.15) is 0 Å². The molecule has 39 heavy (non-hydrogen) atoms. The molecule has 1 aliphatic carbocycles. The Labute approximate surface area is 229 Å². The van der Waals surface area contributed by atoms with Crippen molar-refractivity contribution in [2.24, 2.45) is 0 Å². The van der Waals surface area contributed by atoms with Crippen LogP contribution in [0.3, 0.4) is 0 Å². The quantitative estimate of drug-likeness (QED) is 0.248. The summed E-state index contributed by atoms with van der Waals surface area (Å²) in [6.07, 6.45) is 8.89. The molecule has 1 aliphatic rings. The molecule has 1 N–H and O–H groups in total. The Morgan fingerprint density at radius 2 is 1.31 bits per heavy atom. The van der Waals surface area contributed by atoms with Gasteiger partial charge in [-0.05, 0) is 71.6 Å². The Morgan fingerprint density at radius 3 is 2.15 bits per heavy atom. The minimum absolute atomic E-state index is 0.188. The molecule has 7 rings (SSSR count). The van der Waals surface area contributed by atoms with Crippen LogP contribution in [0.15, 0.2) is 146 Å². The van der Waals surface area contributed by atoms with Crippen LogP contribution >= 0.6 is 0 Å². The van der Waals surface area contributed by atoms with Gasteiger partial charge in [-0.15, -0.1) is 0 Å². The summed E-state index contributed by atoms with van der Waals surface area (Å²) < 4.78 is 2.42. The monoisotopic (exact) mass is 502 g/mol. The Morgan fingerprint density at radius 1 is 0.590 bits per heavy atom. The second-order valence-electron chi connectivity index (χ2n) is 10.4. The highest BCUT2D eigenvalue weighted by molar-refractivity contribution is 6.09. The van der Waals surface area contributed by atoms with Crippen LogP contribution in [0.5, 0.6) is 0 Å². The molecule has 0 aliphatic heterocycles. The maximum atomic E-state index is 3.73. The highest BCUT2D eigenvalue weighted by Crippen LogP contribution is 2.37. The molecular formula is C37H30N2. The van der Waals surface area contributed by atoms with Gasteiger partial charge in [0.25, 0.3) is 0 Å². The van der Waals surface area contributed by atoms with Gasteiger partial charge in [0, 0.05) is 28.1 Å². The maximum Gasteiger partial charge on any atom is 0.0550 e. The molecule has 2 heteroatoms. The predicted molar refractivity (Wildman–Crippen MR) is 166 cm³/mol. The number of aryl methyl sites for hydroxylation is 1. The van der Waals surface area contributed by atoms with E-state index in [4.69, 9.17) is 0 Å². The largest absolute Gasteiger partial charge is 0.378 e. The number of nitrogens with zero attached hydrogens (tertiary/aromatic N) is 1. The lowest BCUT2D eigenvalue weighted by atomic mass is 9.87. The summed E-state index contributed by atoms with van der Waals surface area (Å²) in [7, 11) is 0. The van der Waals surface area contributed by atoms with E-state index in [1.165, 1.54) is 49.7 Å². The second-order valence-corrected chi connectivity index (χ2v) is 10.4. The van der Waals surface area contributed by atoms with E-state index < -0.39 is 0 Å². The van der Waals surface area contributed by atoms with E-state index in [0.717, 1.165) is 5.69 Å². The van der Waals surface area contributed by atoms with Crippen LogP contribution in [-0.2, 0) is 0 Å². The average Bonchev–Trinajstić information content (AvgIpc) is 3.32. The van der Waals surface area contributed by atoms with Gasteiger partial charge >= 0.3 is 0 Å². The lowest BCUT2D eigenvalue weighted by Crippen LogP contribution is -2.25. The molecule has 0 bridgehead atoms. The minimum Gasteiger partial charge on any atom is -0.378 e. The molecule has 1 heterocycles. The van der Waals surface area contributed by atoms with Crippen molar-refractivity contribution in [2.45, 2.75) is 18.9 Å². The Kier molecular flexibility index (Phi) is 5.86. The van der Waals surface area contributed by atoms with E-state index in [2.05, 4.69) is 162 Å². The van der Waals surface area contributed by atoms with Crippen molar-refractivity contribution in [3.05, 3.63) is 157 Å². The van der Waals surface area contributed by atoms with Crippen LogP contribution in [0, 0.1) is 6.92 Å². The van der Waals surface area contributed by atoms with Crippen molar-refractivity contribution in [2.75, 3.05) is 5.32 Å². The lowest BCUT2D eigenvalue weighted by molar-refractivity contribution is 0.757. The third-order valence-corrected chi connectivity index (χ3v) is 7.75. The van der Waals surface area contributed by atoms with E-state index in [9.17, 15) is 0 Å². The van der Waals surface area contributed by atoms with Crippen molar-refractivity contribution >= 4 is 27.5 Å². The number of para-hydroxylation sites is 2. The molecule has 0 spiro atoms. The van der Waals surface area contributed by atoms with Crippen molar-refractivity contribution < 1.29 is 0 Å². The number of aromatic nitrogens is 1. The maximum absolute atomic E-state index is 3.73. The van der Waals surface area contributed by atoms with Crippen LogP contribution in [-0.4, -0.2) is 10.6 Å². The van der Waals surface area contributed by atoms with Gasteiger partial charge in [0.15, 0.2) is 0 Å². The van der Waals surface area contributed by atoms with Crippen LogP contribution < -0.4 is 5.32 Å². The first kappa shape index (κ1) is 23.3. The van der Waals surface area contributed by atoms with Crippen LogP contribution in [0.1, 0.15) is 17.0 Å². The zero-order valence-electron chi connectivity index (χ0n) is 22.0. The summed E-state index contributed by atoms with van der Waals surface area (Å²) in [6, 6.07) is 44.0. The van der Waals surface area contributed by atoms with Crippen molar-refractivity contribution in [3.63, 3.8) is 0 Å². The fourth-order valence-corrected chi connectivity index (χ4v) is 5.96. The van der Waals surface area contributed by atoms with Gasteiger partial charge in [-0.1, -0.05) is 103 Å². The summed E-state index contributed by atoms with van der Waals surface area (Å²) >= 11 is 0. The molecule has 6 aromatic rings. The number of rotatable bonds is 5. The predicted octanol–water partition coefficient (Wildman–Crippen LogP) is 9.45. The lowest BCUT2D eigenvalue weighted by Gasteiger charge is -2.27. The molecule has 2 nitrogen and oxygen atoms in total. The third-order valence-electron chi connectivity index (χ3n) is 7.75. The molecule has 5 aromatic carbocycles. The summed E-state index contributed by atoms with van der Waals surface area (Å²) in [6.45, 7) is 2.19. The Bertz CT molecular complexity index is 1840. The van der Waals surface area contributed by atoms with Gasteiger partial charge in [-0.3, -0.25) is 0 Å². The highest BCUT2D eigenvalue weighted by atomic mass is 15.0. The van der Waals surface area contributed by atoms with E-state index >= 15 is 0 Å². The number of hydrogen-bond donors (Lipinski definition) is 1. The normalized spacial score (nSPS) is 16.6. The summed E-state index contributed by atoms with van der Waals surface area (Å²) in [5.74, 6) is 0.241. The topological polar surface area (TPSA) is 17.0 Å². The molecule has 0 radical (unpaired) electrons. The third kappa shape index (κ3) is 4.34. The SMILES string of the molecule is Cc1cc(-c2ccccc2)cc(-n2c3ccccc3c3cc(C4C=CC=CC4Nc4ccccc4)ccc32)c1. The molecule has 0 saturated heterocycles. The zero-order valence-corrected chi connectivity index (χ0v) is 22.0. The molecule has 188 valence electrons. The number of allylic oxidation sites excluding steroid dienone is 2. The van der Waals surface area contributed by atoms with E-state index in [0.29, 0.717) is 0 Å². The summed E-state index contributed by atoms with van der Waals surface area (Å²) in [5, 5.41) is 6.29.